The van der Waals surface area contributed by atoms with E-state index in [2.05, 4.69) is 0 Å². The maximum atomic E-state index is 8.64. The Kier molecular flexibility index (Phi) is 0.969. The first-order valence-electron chi connectivity index (χ1n) is 2.24. The van der Waals surface area contributed by atoms with E-state index in [1.54, 1.807) is 0 Å². The summed E-state index contributed by atoms with van der Waals surface area (Å²) in [6.07, 6.45) is 3.99. The first-order valence-corrected chi connectivity index (χ1v) is 2.24. The summed E-state index contributed by atoms with van der Waals surface area (Å²) in [6.45, 7) is -0.134. The third kappa shape index (κ3) is 0.629. The first kappa shape index (κ1) is 3.94. The van der Waals surface area contributed by atoms with Gasteiger partial charge in [0.2, 0.25) is 0 Å². The van der Waals surface area contributed by atoms with E-state index in [1.807, 2.05) is 12.1 Å². The van der Waals surface area contributed by atoms with Crippen molar-refractivity contribution in [1.82, 2.24) is 0 Å². The predicted molar refractivity (Wildman–Crippen MR) is 26.5 cm³/mol. The first-order chi connectivity index (χ1) is 2.89. The van der Waals surface area contributed by atoms with E-state index >= 15 is 0 Å². The Morgan fingerprint density at radius 2 is 2.50 bits per heavy atom. The Bertz CT molecular complexity index is 69.9. The zero-order valence-electron chi connectivity index (χ0n) is 3.59. The molecule has 6 heavy (non-hydrogen) atoms. The molecular formula is C4H7BO. The van der Waals surface area contributed by atoms with E-state index in [-0.39, 0.29) is 6.92 Å². The molecule has 0 unspecified atom stereocenters. The molecular weight excluding hydrogens is 74.9 g/mol. The minimum atomic E-state index is -0.134. The van der Waals surface area contributed by atoms with Crippen LogP contribution in [0.15, 0.2) is 12.1 Å². The van der Waals surface area contributed by atoms with Gasteiger partial charge in [-0.15, -0.1) is 0 Å². The molecule has 32 valence electrons. The van der Waals surface area contributed by atoms with Crippen molar-refractivity contribution in [3.05, 3.63) is 12.1 Å². The molecule has 0 aromatic heterocycles. The van der Waals surface area contributed by atoms with Crippen molar-refractivity contribution in [2.45, 2.75) is 12.7 Å². The van der Waals surface area contributed by atoms with Gasteiger partial charge in [-0.1, -0.05) is 12.1 Å². The second-order valence-electron chi connectivity index (χ2n) is 1.57. The third-order valence-electron chi connectivity index (χ3n) is 0.987. The average molecular weight is 81.9 g/mol. The van der Waals surface area contributed by atoms with Gasteiger partial charge in [0.05, 0.1) is 0 Å². The Balaban J connectivity index is 2.38. The highest BCUT2D eigenvalue weighted by molar-refractivity contribution is 6.57. The summed E-state index contributed by atoms with van der Waals surface area (Å²) in [5.74, 6) is 1.83. The molecule has 0 saturated heterocycles. The molecule has 1 aliphatic rings. The topological polar surface area (TPSA) is 20.2 Å². The fourth-order valence-electron chi connectivity index (χ4n) is 0.617. The largest absolute Gasteiger partial charge is 0.447 e. The molecule has 0 aromatic carbocycles. The van der Waals surface area contributed by atoms with E-state index in [0.29, 0.717) is 0 Å². The van der Waals surface area contributed by atoms with Crippen molar-refractivity contribution < 1.29 is 5.02 Å². The molecule has 0 spiro atoms. The van der Waals surface area contributed by atoms with Crippen molar-refractivity contribution in [2.75, 3.05) is 0 Å². The van der Waals surface area contributed by atoms with E-state index in [1.165, 1.54) is 0 Å². The van der Waals surface area contributed by atoms with Crippen LogP contribution >= 0.6 is 0 Å². The fraction of sp³-hybridized carbons (Fsp3) is 0.500. The van der Waals surface area contributed by atoms with Crippen LogP contribution in [-0.4, -0.2) is 11.9 Å². The van der Waals surface area contributed by atoms with Crippen molar-refractivity contribution in [1.29, 1.82) is 0 Å². The lowest BCUT2D eigenvalue weighted by Gasteiger charge is -1.82. The summed E-state index contributed by atoms with van der Waals surface area (Å²) in [7, 11) is 0. The summed E-state index contributed by atoms with van der Waals surface area (Å²) in [4.78, 5) is 0. The lowest BCUT2D eigenvalue weighted by molar-refractivity contribution is 0.586. The van der Waals surface area contributed by atoms with Crippen LogP contribution in [0.3, 0.4) is 0 Å². The molecule has 1 N–H and O–H groups in total. The third-order valence-corrected chi connectivity index (χ3v) is 0.987. The normalized spacial score (nSPS) is 19.8. The van der Waals surface area contributed by atoms with Crippen molar-refractivity contribution in [2.24, 2.45) is 0 Å². The maximum Gasteiger partial charge on any atom is 0.316 e. The molecule has 0 bridgehead atoms. The monoisotopic (exact) mass is 82.1 g/mol. The average Bonchev–Trinajstić information content (AvgIpc) is 1.86. The molecule has 0 aliphatic carbocycles. The quantitative estimate of drug-likeness (QED) is 0.421. The highest BCUT2D eigenvalue weighted by Crippen LogP contribution is 2.04. The van der Waals surface area contributed by atoms with Crippen LogP contribution in [0.25, 0.3) is 0 Å². The standard InChI is InChI=1S/C4H7BO/c6-5-3-1-2-4-5/h1,3,6H,2,4H2. The second-order valence-corrected chi connectivity index (χ2v) is 1.57. The SMILES string of the molecule is OB1C=CCC1. The van der Waals surface area contributed by atoms with Gasteiger partial charge in [0, 0.05) is 0 Å². The van der Waals surface area contributed by atoms with Gasteiger partial charge in [0.25, 0.3) is 0 Å². The number of hydrogen-bond acceptors (Lipinski definition) is 1. The molecule has 0 aromatic rings. The number of rotatable bonds is 0. The smallest absolute Gasteiger partial charge is 0.316 e. The molecule has 0 saturated carbocycles. The van der Waals surface area contributed by atoms with Crippen LogP contribution in [-0.2, 0) is 0 Å². The molecule has 0 atom stereocenters. The summed E-state index contributed by atoms with van der Waals surface area (Å²) in [6, 6.07) is 0. The Morgan fingerprint density at radius 1 is 1.67 bits per heavy atom. The van der Waals surface area contributed by atoms with E-state index in [9.17, 15) is 0 Å². The minimum Gasteiger partial charge on any atom is -0.447 e. The van der Waals surface area contributed by atoms with E-state index < -0.39 is 0 Å². The lowest BCUT2D eigenvalue weighted by Crippen LogP contribution is -2.00. The van der Waals surface area contributed by atoms with E-state index in [0.717, 1.165) is 12.7 Å². The van der Waals surface area contributed by atoms with Crippen LogP contribution < -0.4 is 0 Å². The zero-order chi connectivity index (χ0) is 4.41. The number of hydrogen-bond donors (Lipinski definition) is 1. The summed E-state index contributed by atoms with van der Waals surface area (Å²) >= 11 is 0. The van der Waals surface area contributed by atoms with Crippen molar-refractivity contribution in [3.8, 4) is 0 Å². The number of allylic oxidation sites excluding steroid dienone is 1. The second kappa shape index (κ2) is 1.48. The maximum absolute atomic E-state index is 8.64. The molecule has 1 heterocycles. The van der Waals surface area contributed by atoms with Crippen molar-refractivity contribution >= 4 is 6.92 Å². The van der Waals surface area contributed by atoms with Gasteiger partial charge in [0.15, 0.2) is 0 Å². The Labute approximate surface area is 37.8 Å². The zero-order valence-corrected chi connectivity index (χ0v) is 3.59. The van der Waals surface area contributed by atoms with Crippen LogP contribution in [0, 0.1) is 0 Å². The molecule has 0 fully saturated rings. The van der Waals surface area contributed by atoms with E-state index in [4.69, 9.17) is 5.02 Å². The summed E-state index contributed by atoms with van der Waals surface area (Å²) < 4.78 is 0. The van der Waals surface area contributed by atoms with Crippen molar-refractivity contribution in [3.63, 3.8) is 0 Å². The Hall–Kier alpha value is -0.235. The summed E-state index contributed by atoms with van der Waals surface area (Å²) in [5, 5.41) is 8.64. The van der Waals surface area contributed by atoms with Gasteiger partial charge in [-0.25, -0.2) is 0 Å². The van der Waals surface area contributed by atoms with Crippen LogP contribution in [0.2, 0.25) is 6.32 Å². The minimum absolute atomic E-state index is 0.134. The van der Waals surface area contributed by atoms with Gasteiger partial charge in [-0.3, -0.25) is 0 Å². The van der Waals surface area contributed by atoms with Gasteiger partial charge in [-0.2, -0.15) is 0 Å². The van der Waals surface area contributed by atoms with Gasteiger partial charge in [0.1, 0.15) is 0 Å². The molecule has 0 amide bonds. The molecule has 2 heteroatoms. The molecule has 1 nitrogen and oxygen atoms in total. The molecule has 1 aliphatic heterocycles. The van der Waals surface area contributed by atoms with Crippen LogP contribution in [0.1, 0.15) is 6.42 Å². The van der Waals surface area contributed by atoms with Crippen LogP contribution in [0.4, 0.5) is 0 Å². The lowest BCUT2D eigenvalue weighted by atomic mass is 9.69. The highest BCUT2D eigenvalue weighted by atomic mass is 16.2. The Morgan fingerprint density at radius 3 is 2.67 bits per heavy atom. The molecule has 0 radical (unpaired) electrons. The van der Waals surface area contributed by atoms with Gasteiger partial charge >= 0.3 is 6.92 Å². The van der Waals surface area contributed by atoms with Crippen LogP contribution in [0.5, 0.6) is 0 Å². The predicted octanol–water partition coefficient (Wildman–Crippen LogP) is 0.469. The van der Waals surface area contributed by atoms with Gasteiger partial charge in [-0.05, 0) is 12.7 Å². The molecule has 1 rings (SSSR count). The summed E-state index contributed by atoms with van der Waals surface area (Å²) in [5.41, 5.74) is 0. The highest BCUT2D eigenvalue weighted by Gasteiger charge is 2.07. The fourth-order valence-corrected chi connectivity index (χ4v) is 0.617. The van der Waals surface area contributed by atoms with Gasteiger partial charge < -0.3 is 5.02 Å².